The average molecular weight is 369 g/mol. The molecule has 1 aliphatic heterocycles. The Bertz CT molecular complexity index is 1040. The fourth-order valence-electron chi connectivity index (χ4n) is 2.91. The summed E-state index contributed by atoms with van der Waals surface area (Å²) in [4.78, 5) is 26.6. The third kappa shape index (κ3) is 2.75. The minimum atomic E-state index is -0.315. The van der Waals surface area contributed by atoms with Crippen molar-refractivity contribution in [3.05, 3.63) is 70.2 Å². The average Bonchev–Trinajstić information content (AvgIpc) is 3.06. The van der Waals surface area contributed by atoms with Crippen molar-refractivity contribution in [2.24, 2.45) is 7.05 Å². The highest BCUT2D eigenvalue weighted by atomic mass is 35.5. The van der Waals surface area contributed by atoms with Crippen molar-refractivity contribution >= 4 is 57.2 Å². The highest BCUT2D eigenvalue weighted by Crippen LogP contribution is 2.37. The van der Waals surface area contributed by atoms with Crippen LogP contribution in [0.25, 0.3) is 17.0 Å². The molecule has 6 heteroatoms. The first-order valence-corrected chi connectivity index (χ1v) is 8.81. The van der Waals surface area contributed by atoms with E-state index >= 15 is 0 Å². The van der Waals surface area contributed by atoms with Gasteiger partial charge in [0, 0.05) is 34.7 Å². The molecular weight excluding hydrogens is 356 g/mol. The van der Waals surface area contributed by atoms with Crippen LogP contribution >= 0.6 is 23.4 Å². The van der Waals surface area contributed by atoms with Crippen molar-refractivity contribution in [2.75, 3.05) is 4.90 Å². The Kier molecular flexibility index (Phi) is 3.90. The molecular formula is C19H13ClN2O2S. The van der Waals surface area contributed by atoms with Gasteiger partial charge in [0.25, 0.3) is 11.1 Å². The van der Waals surface area contributed by atoms with Crippen molar-refractivity contribution < 1.29 is 9.59 Å². The van der Waals surface area contributed by atoms with Gasteiger partial charge in [0.05, 0.1) is 10.6 Å². The maximum Gasteiger partial charge on any atom is 0.298 e. The number of para-hydroxylation sites is 1. The van der Waals surface area contributed by atoms with E-state index in [1.165, 1.54) is 4.90 Å². The van der Waals surface area contributed by atoms with Gasteiger partial charge in [-0.2, -0.15) is 0 Å². The number of amides is 2. The Morgan fingerprint density at radius 1 is 1.04 bits per heavy atom. The molecule has 2 aromatic carbocycles. The number of anilines is 1. The van der Waals surface area contributed by atoms with Crippen LogP contribution in [-0.4, -0.2) is 15.7 Å². The molecule has 4 rings (SSSR count). The van der Waals surface area contributed by atoms with Crippen LogP contribution in [0.1, 0.15) is 5.56 Å². The number of hydrogen-bond donors (Lipinski definition) is 0. The molecule has 1 aliphatic rings. The van der Waals surface area contributed by atoms with E-state index in [0.717, 1.165) is 28.2 Å². The number of halogens is 1. The van der Waals surface area contributed by atoms with E-state index in [1.807, 2.05) is 42.1 Å². The van der Waals surface area contributed by atoms with Crippen LogP contribution in [0.4, 0.5) is 10.5 Å². The van der Waals surface area contributed by atoms with Crippen molar-refractivity contribution in [1.29, 1.82) is 0 Å². The molecule has 0 saturated carbocycles. The summed E-state index contributed by atoms with van der Waals surface area (Å²) in [5.74, 6) is -0.315. The second-order valence-electron chi connectivity index (χ2n) is 5.71. The molecule has 1 aromatic heterocycles. The van der Waals surface area contributed by atoms with E-state index in [4.69, 9.17) is 11.6 Å². The fourth-order valence-corrected chi connectivity index (χ4v) is 3.87. The van der Waals surface area contributed by atoms with E-state index in [0.29, 0.717) is 15.6 Å². The number of carbonyl (C=O) groups excluding carboxylic acids is 2. The largest absolute Gasteiger partial charge is 0.350 e. The number of rotatable bonds is 2. The standard InChI is InChI=1S/C19H13ClN2O2S/c1-21-11-12(15-4-2-3-5-16(15)21)10-17-18(23)22(19(24)25-17)14-8-6-13(20)7-9-14/h2-11H,1H3/b17-10-. The van der Waals surface area contributed by atoms with Crippen LogP contribution in [0.2, 0.25) is 5.02 Å². The van der Waals surface area contributed by atoms with Gasteiger partial charge in [0.15, 0.2) is 0 Å². The van der Waals surface area contributed by atoms with Crippen LogP contribution in [0.3, 0.4) is 0 Å². The number of nitrogens with zero attached hydrogens (tertiary/aromatic N) is 2. The van der Waals surface area contributed by atoms with Crippen LogP contribution in [0.5, 0.6) is 0 Å². The van der Waals surface area contributed by atoms with E-state index in [-0.39, 0.29) is 11.1 Å². The maximum atomic E-state index is 12.7. The number of thioether (sulfide) groups is 1. The van der Waals surface area contributed by atoms with Crippen molar-refractivity contribution in [1.82, 2.24) is 4.57 Å². The maximum absolute atomic E-state index is 12.7. The summed E-state index contributed by atoms with van der Waals surface area (Å²) in [6.07, 6.45) is 3.74. The van der Waals surface area contributed by atoms with Gasteiger partial charge >= 0.3 is 0 Å². The van der Waals surface area contributed by atoms with Gasteiger partial charge in [-0.15, -0.1) is 0 Å². The lowest BCUT2D eigenvalue weighted by Gasteiger charge is -2.12. The minimum absolute atomic E-state index is 0.307. The first-order valence-electron chi connectivity index (χ1n) is 7.62. The molecule has 0 bridgehead atoms. The number of benzene rings is 2. The number of aromatic nitrogens is 1. The topological polar surface area (TPSA) is 42.3 Å². The Morgan fingerprint density at radius 2 is 1.76 bits per heavy atom. The number of fused-ring (bicyclic) bond motifs is 1. The van der Waals surface area contributed by atoms with Gasteiger partial charge in [0.1, 0.15) is 0 Å². The summed E-state index contributed by atoms with van der Waals surface area (Å²) in [6.45, 7) is 0. The van der Waals surface area contributed by atoms with E-state index in [9.17, 15) is 9.59 Å². The molecule has 2 heterocycles. The predicted molar refractivity (Wildman–Crippen MR) is 103 cm³/mol. The Hall–Kier alpha value is -2.50. The SMILES string of the molecule is Cn1cc(/C=C2\SC(=O)N(c3ccc(Cl)cc3)C2=O)c2ccccc21. The molecule has 1 fully saturated rings. The first-order chi connectivity index (χ1) is 12.0. The second-order valence-corrected chi connectivity index (χ2v) is 7.14. The zero-order chi connectivity index (χ0) is 17.6. The summed E-state index contributed by atoms with van der Waals surface area (Å²) >= 11 is 6.83. The summed E-state index contributed by atoms with van der Waals surface area (Å²) in [5, 5.41) is 1.30. The Morgan fingerprint density at radius 3 is 2.52 bits per heavy atom. The van der Waals surface area contributed by atoms with Gasteiger partial charge < -0.3 is 4.57 Å². The molecule has 1 saturated heterocycles. The highest BCUT2D eigenvalue weighted by Gasteiger charge is 2.36. The number of aryl methyl sites for hydroxylation is 1. The lowest BCUT2D eigenvalue weighted by Crippen LogP contribution is -2.27. The quantitative estimate of drug-likeness (QED) is 0.593. The lowest BCUT2D eigenvalue weighted by molar-refractivity contribution is -0.113. The van der Waals surface area contributed by atoms with Gasteiger partial charge in [-0.25, -0.2) is 4.90 Å². The minimum Gasteiger partial charge on any atom is -0.350 e. The summed E-state index contributed by atoms with van der Waals surface area (Å²) in [6, 6.07) is 14.6. The molecule has 0 aliphatic carbocycles. The van der Waals surface area contributed by atoms with E-state index < -0.39 is 0 Å². The summed E-state index contributed by atoms with van der Waals surface area (Å²) in [7, 11) is 1.96. The predicted octanol–water partition coefficient (Wildman–Crippen LogP) is 5.07. The van der Waals surface area contributed by atoms with Crippen LogP contribution < -0.4 is 4.90 Å². The monoisotopic (exact) mass is 368 g/mol. The van der Waals surface area contributed by atoms with Gasteiger partial charge in [-0.3, -0.25) is 9.59 Å². The normalized spacial score (nSPS) is 16.4. The Balaban J connectivity index is 1.74. The molecule has 0 N–H and O–H groups in total. The third-order valence-electron chi connectivity index (χ3n) is 4.09. The second kappa shape index (κ2) is 6.10. The van der Waals surface area contributed by atoms with Crippen LogP contribution in [0.15, 0.2) is 59.6 Å². The molecule has 25 heavy (non-hydrogen) atoms. The zero-order valence-electron chi connectivity index (χ0n) is 13.3. The van der Waals surface area contributed by atoms with E-state index in [2.05, 4.69) is 0 Å². The Labute approximate surface area is 153 Å². The molecule has 0 atom stereocenters. The van der Waals surface area contributed by atoms with Crippen molar-refractivity contribution in [3.63, 3.8) is 0 Å². The summed E-state index contributed by atoms with van der Waals surface area (Å²) < 4.78 is 2.00. The number of hydrogen-bond acceptors (Lipinski definition) is 3. The van der Waals surface area contributed by atoms with Crippen molar-refractivity contribution in [3.8, 4) is 0 Å². The van der Waals surface area contributed by atoms with Crippen molar-refractivity contribution in [2.45, 2.75) is 0 Å². The van der Waals surface area contributed by atoms with E-state index in [1.54, 1.807) is 30.3 Å². The molecule has 2 amide bonds. The molecule has 0 spiro atoms. The molecule has 0 radical (unpaired) electrons. The smallest absolute Gasteiger partial charge is 0.298 e. The highest BCUT2D eigenvalue weighted by molar-refractivity contribution is 8.19. The van der Waals surface area contributed by atoms with Gasteiger partial charge in [0.2, 0.25) is 0 Å². The van der Waals surface area contributed by atoms with Gasteiger partial charge in [-0.1, -0.05) is 29.8 Å². The zero-order valence-corrected chi connectivity index (χ0v) is 14.8. The third-order valence-corrected chi connectivity index (χ3v) is 5.21. The molecule has 3 aromatic rings. The molecule has 4 nitrogen and oxygen atoms in total. The fraction of sp³-hybridized carbons (Fsp3) is 0.0526. The van der Waals surface area contributed by atoms with Gasteiger partial charge in [-0.05, 0) is 48.2 Å². The summed E-state index contributed by atoms with van der Waals surface area (Å²) in [5.41, 5.74) is 2.51. The van der Waals surface area contributed by atoms with Crippen LogP contribution in [-0.2, 0) is 11.8 Å². The molecule has 0 unspecified atom stereocenters. The number of imide groups is 1. The van der Waals surface area contributed by atoms with Crippen LogP contribution in [0, 0.1) is 0 Å². The molecule has 124 valence electrons. The first kappa shape index (κ1) is 16.0. The lowest BCUT2D eigenvalue weighted by atomic mass is 10.1. The number of carbonyl (C=O) groups is 2.